The molecule has 1 aromatic rings. The normalized spacial score (nSPS) is 12.4. The molecule has 0 fully saturated rings. The molecule has 4 nitrogen and oxygen atoms in total. The van der Waals surface area contributed by atoms with Gasteiger partial charge in [-0.05, 0) is 23.6 Å². The van der Waals surface area contributed by atoms with Gasteiger partial charge >= 0.3 is 0 Å². The number of amides is 1. The topological polar surface area (TPSA) is 58.6 Å². The second-order valence-corrected chi connectivity index (χ2v) is 5.51. The van der Waals surface area contributed by atoms with Crippen molar-refractivity contribution >= 4 is 17.5 Å². The predicted octanol–water partition coefficient (Wildman–Crippen LogP) is 2.55. The van der Waals surface area contributed by atoms with Crippen LogP contribution in [-0.4, -0.2) is 30.8 Å². The van der Waals surface area contributed by atoms with E-state index in [2.05, 4.69) is 19.2 Å². The highest BCUT2D eigenvalue weighted by atomic mass is 35.5. The van der Waals surface area contributed by atoms with Crippen molar-refractivity contribution in [3.63, 3.8) is 0 Å². The van der Waals surface area contributed by atoms with Gasteiger partial charge in [0.25, 0.3) is 0 Å². The van der Waals surface area contributed by atoms with Gasteiger partial charge in [0.1, 0.15) is 0 Å². The lowest BCUT2D eigenvalue weighted by molar-refractivity contribution is -0.123. The Morgan fingerprint density at radius 3 is 2.55 bits per heavy atom. The number of hydrogen-bond donors (Lipinski definition) is 2. The Hall–Kier alpha value is -1.10. The summed E-state index contributed by atoms with van der Waals surface area (Å²) >= 11 is 5.81. The van der Waals surface area contributed by atoms with E-state index in [1.807, 2.05) is 0 Å². The highest BCUT2D eigenvalue weighted by Gasteiger charge is 2.13. The van der Waals surface area contributed by atoms with Crippen LogP contribution in [0.3, 0.4) is 0 Å². The van der Waals surface area contributed by atoms with Gasteiger partial charge in [-0.25, -0.2) is 0 Å². The molecular formula is C15H22ClNO3. The van der Waals surface area contributed by atoms with Crippen molar-refractivity contribution in [3.8, 4) is 0 Å². The number of nitrogens with one attached hydrogen (secondary N) is 1. The Kier molecular flexibility index (Phi) is 7.59. The van der Waals surface area contributed by atoms with E-state index in [1.165, 1.54) is 0 Å². The maximum Gasteiger partial charge on any atom is 0.222 e. The van der Waals surface area contributed by atoms with Crippen LogP contribution >= 0.6 is 11.6 Å². The molecule has 1 unspecified atom stereocenters. The molecule has 0 radical (unpaired) electrons. The molecule has 0 saturated heterocycles. The van der Waals surface area contributed by atoms with Crippen molar-refractivity contribution in [3.05, 3.63) is 34.9 Å². The van der Waals surface area contributed by atoms with Crippen LogP contribution < -0.4 is 5.32 Å². The number of halogens is 1. The molecule has 1 amide bonds. The highest BCUT2D eigenvalue weighted by molar-refractivity contribution is 6.30. The lowest BCUT2D eigenvalue weighted by Crippen LogP contribution is -2.31. The number of carbonyl (C=O) groups excluding carboxylic acids is 1. The van der Waals surface area contributed by atoms with Crippen molar-refractivity contribution in [1.82, 2.24) is 5.32 Å². The molecule has 2 N–H and O–H groups in total. The summed E-state index contributed by atoms with van der Waals surface area (Å²) in [6, 6.07) is 6.64. The fourth-order valence-corrected chi connectivity index (χ4v) is 1.81. The first-order valence-electron chi connectivity index (χ1n) is 6.76. The van der Waals surface area contributed by atoms with Crippen LogP contribution in [-0.2, 0) is 9.53 Å². The summed E-state index contributed by atoms with van der Waals surface area (Å²) in [5, 5.41) is 12.8. The molecule has 1 rings (SSSR count). The lowest BCUT2D eigenvalue weighted by Gasteiger charge is -2.17. The molecule has 0 aliphatic carbocycles. The Morgan fingerprint density at radius 2 is 2.00 bits per heavy atom. The van der Waals surface area contributed by atoms with Gasteiger partial charge in [0.2, 0.25) is 5.91 Å². The summed E-state index contributed by atoms with van der Waals surface area (Å²) in [7, 11) is 0. The Morgan fingerprint density at radius 1 is 1.35 bits per heavy atom. The quantitative estimate of drug-likeness (QED) is 0.725. The van der Waals surface area contributed by atoms with Crippen molar-refractivity contribution in [2.45, 2.75) is 26.3 Å². The van der Waals surface area contributed by atoms with Gasteiger partial charge < -0.3 is 15.2 Å². The van der Waals surface area contributed by atoms with Gasteiger partial charge in [-0.1, -0.05) is 37.6 Å². The first-order valence-corrected chi connectivity index (χ1v) is 7.14. The molecule has 0 heterocycles. The number of rotatable bonds is 8. The van der Waals surface area contributed by atoms with Gasteiger partial charge in [-0.15, -0.1) is 0 Å². The zero-order valence-corrected chi connectivity index (χ0v) is 12.7. The van der Waals surface area contributed by atoms with Crippen LogP contribution in [0.1, 0.15) is 31.9 Å². The van der Waals surface area contributed by atoms with E-state index in [-0.39, 0.29) is 18.9 Å². The molecule has 20 heavy (non-hydrogen) atoms. The fourth-order valence-electron chi connectivity index (χ4n) is 1.68. The average molecular weight is 300 g/mol. The molecular weight excluding hydrogens is 278 g/mol. The Labute approximate surface area is 125 Å². The monoisotopic (exact) mass is 299 g/mol. The zero-order chi connectivity index (χ0) is 15.0. The maximum atomic E-state index is 11.8. The van der Waals surface area contributed by atoms with E-state index < -0.39 is 6.04 Å². The minimum Gasteiger partial charge on any atom is -0.394 e. The fraction of sp³-hybridized carbons (Fsp3) is 0.533. The van der Waals surface area contributed by atoms with Crippen molar-refractivity contribution in [2.75, 3.05) is 19.8 Å². The third-order valence-corrected chi connectivity index (χ3v) is 2.97. The molecule has 0 aliphatic heterocycles. The molecule has 0 saturated carbocycles. The molecule has 0 aliphatic rings. The first kappa shape index (κ1) is 17.0. The lowest BCUT2D eigenvalue weighted by atomic mass is 10.1. The van der Waals surface area contributed by atoms with Crippen molar-refractivity contribution < 1.29 is 14.6 Å². The number of benzene rings is 1. The van der Waals surface area contributed by atoms with Crippen LogP contribution in [0.15, 0.2) is 24.3 Å². The van der Waals surface area contributed by atoms with Gasteiger partial charge in [0.05, 0.1) is 19.3 Å². The van der Waals surface area contributed by atoms with Gasteiger partial charge in [0, 0.05) is 18.1 Å². The number of hydrogen-bond acceptors (Lipinski definition) is 3. The van der Waals surface area contributed by atoms with Crippen molar-refractivity contribution in [1.29, 1.82) is 0 Å². The first-order chi connectivity index (χ1) is 9.52. The summed E-state index contributed by atoms with van der Waals surface area (Å²) in [5.41, 5.74) is 0.827. The molecule has 5 heteroatoms. The molecule has 0 spiro atoms. The molecule has 0 aromatic heterocycles. The third-order valence-electron chi connectivity index (χ3n) is 2.71. The molecule has 1 atom stereocenters. The largest absolute Gasteiger partial charge is 0.394 e. The predicted molar refractivity (Wildman–Crippen MR) is 79.7 cm³/mol. The average Bonchev–Trinajstić information content (AvgIpc) is 2.42. The number of aliphatic hydroxyl groups excluding tert-OH is 1. The maximum absolute atomic E-state index is 11.8. The van der Waals surface area contributed by atoms with E-state index in [0.717, 1.165) is 5.56 Å². The minimum atomic E-state index is -0.412. The van der Waals surface area contributed by atoms with Gasteiger partial charge in [-0.2, -0.15) is 0 Å². The molecule has 1 aromatic carbocycles. The van der Waals surface area contributed by atoms with E-state index in [1.54, 1.807) is 24.3 Å². The van der Waals surface area contributed by atoms with Gasteiger partial charge in [-0.3, -0.25) is 4.79 Å². The van der Waals surface area contributed by atoms with Crippen LogP contribution in [0, 0.1) is 5.92 Å². The van der Waals surface area contributed by atoms with E-state index in [9.17, 15) is 9.90 Å². The van der Waals surface area contributed by atoms with Crippen molar-refractivity contribution in [2.24, 2.45) is 5.92 Å². The SMILES string of the molecule is CC(C)COCCC(=O)NC(CO)c1ccc(Cl)cc1. The van der Waals surface area contributed by atoms with E-state index in [0.29, 0.717) is 24.2 Å². The molecule has 112 valence electrons. The Balaban J connectivity index is 2.40. The second-order valence-electron chi connectivity index (χ2n) is 5.07. The number of carbonyl (C=O) groups is 1. The van der Waals surface area contributed by atoms with Gasteiger partial charge in [0.15, 0.2) is 0 Å². The van der Waals surface area contributed by atoms with E-state index in [4.69, 9.17) is 16.3 Å². The standard InChI is InChI=1S/C15H22ClNO3/c1-11(2)10-20-8-7-15(19)17-14(9-18)12-3-5-13(16)6-4-12/h3-6,11,14,18H,7-10H2,1-2H3,(H,17,19). The van der Waals surface area contributed by atoms with Crippen LogP contribution in [0.5, 0.6) is 0 Å². The third kappa shape index (κ3) is 6.37. The second kappa shape index (κ2) is 8.95. The number of aliphatic hydroxyl groups is 1. The van der Waals surface area contributed by atoms with Crippen LogP contribution in [0.2, 0.25) is 5.02 Å². The summed E-state index contributed by atoms with van der Waals surface area (Å²) < 4.78 is 5.36. The number of ether oxygens (including phenoxy) is 1. The minimum absolute atomic E-state index is 0.136. The Bertz CT molecular complexity index is 406. The smallest absolute Gasteiger partial charge is 0.222 e. The summed E-state index contributed by atoms with van der Waals surface area (Å²) in [5.74, 6) is 0.320. The highest BCUT2D eigenvalue weighted by Crippen LogP contribution is 2.16. The molecule has 0 bridgehead atoms. The summed E-state index contributed by atoms with van der Waals surface area (Å²) in [4.78, 5) is 11.8. The summed E-state index contributed by atoms with van der Waals surface area (Å²) in [6.45, 7) is 5.00. The van der Waals surface area contributed by atoms with E-state index >= 15 is 0 Å². The van der Waals surface area contributed by atoms with Crippen LogP contribution in [0.25, 0.3) is 0 Å². The zero-order valence-electron chi connectivity index (χ0n) is 11.9. The summed E-state index contributed by atoms with van der Waals surface area (Å²) in [6.07, 6.45) is 0.289. The van der Waals surface area contributed by atoms with Crippen LogP contribution in [0.4, 0.5) is 0 Å².